The molecule has 0 unspecified atom stereocenters. The van der Waals surface area contributed by atoms with Crippen LogP contribution in [0, 0.1) is 5.82 Å². The quantitative estimate of drug-likeness (QED) is 0.883. The molecule has 0 amide bonds. The molecule has 0 heterocycles. The average Bonchev–Trinajstić information content (AvgIpc) is 2.48. The summed E-state index contributed by atoms with van der Waals surface area (Å²) in [5, 5.41) is 12.6. The number of fused-ring (bicyclic) bond motifs is 1. The van der Waals surface area contributed by atoms with Gasteiger partial charge in [0.15, 0.2) is 11.6 Å². The van der Waals surface area contributed by atoms with Gasteiger partial charge in [-0.3, -0.25) is 0 Å². The first kappa shape index (κ1) is 13.0. The van der Waals surface area contributed by atoms with E-state index in [0.717, 1.165) is 24.1 Å². The van der Waals surface area contributed by atoms with Crippen LogP contribution in [0.25, 0.3) is 0 Å². The van der Waals surface area contributed by atoms with Crippen molar-refractivity contribution in [2.24, 2.45) is 0 Å². The van der Waals surface area contributed by atoms with Gasteiger partial charge in [0.05, 0.1) is 0 Å². The summed E-state index contributed by atoms with van der Waals surface area (Å²) in [7, 11) is 0. The lowest BCUT2D eigenvalue weighted by atomic mass is 9.90. The van der Waals surface area contributed by atoms with Crippen molar-refractivity contribution in [1.82, 2.24) is 0 Å². The molecule has 0 aliphatic heterocycles. The Bertz CT molecular complexity index is 624. The van der Waals surface area contributed by atoms with E-state index in [1.54, 1.807) is 6.07 Å². The zero-order valence-electron chi connectivity index (χ0n) is 11.3. The van der Waals surface area contributed by atoms with Crippen molar-refractivity contribution in [2.45, 2.75) is 32.2 Å². The molecule has 3 rings (SSSR count). The van der Waals surface area contributed by atoms with E-state index in [1.807, 2.05) is 0 Å². The predicted octanol–water partition coefficient (Wildman–Crippen LogP) is 4.02. The highest BCUT2D eigenvalue weighted by atomic mass is 19.1. The van der Waals surface area contributed by atoms with Crippen molar-refractivity contribution >= 4 is 5.69 Å². The van der Waals surface area contributed by atoms with Gasteiger partial charge in [0.1, 0.15) is 0 Å². The van der Waals surface area contributed by atoms with Gasteiger partial charge in [-0.25, -0.2) is 4.39 Å². The molecule has 0 saturated carbocycles. The zero-order chi connectivity index (χ0) is 13.9. The average molecular weight is 271 g/mol. The number of benzene rings is 2. The number of anilines is 1. The number of halogens is 1. The number of rotatable bonds is 3. The third-order valence-corrected chi connectivity index (χ3v) is 3.89. The second-order valence-electron chi connectivity index (χ2n) is 5.29. The lowest BCUT2D eigenvalue weighted by Gasteiger charge is -2.20. The molecule has 3 heteroatoms. The minimum Gasteiger partial charge on any atom is -0.505 e. The number of aromatic hydroxyl groups is 1. The Kier molecular flexibility index (Phi) is 3.59. The first-order valence-corrected chi connectivity index (χ1v) is 7.06. The van der Waals surface area contributed by atoms with Crippen LogP contribution in [-0.4, -0.2) is 5.11 Å². The molecule has 0 saturated heterocycles. The Hall–Kier alpha value is -2.03. The van der Waals surface area contributed by atoms with Crippen LogP contribution in [0.5, 0.6) is 5.75 Å². The van der Waals surface area contributed by atoms with Gasteiger partial charge < -0.3 is 10.4 Å². The van der Waals surface area contributed by atoms with Gasteiger partial charge in [-0.15, -0.1) is 0 Å². The predicted molar refractivity (Wildman–Crippen MR) is 78.5 cm³/mol. The highest BCUT2D eigenvalue weighted by Gasteiger charge is 2.12. The summed E-state index contributed by atoms with van der Waals surface area (Å²) < 4.78 is 13.3. The molecule has 1 aliphatic rings. The highest BCUT2D eigenvalue weighted by molar-refractivity contribution is 5.56. The maximum atomic E-state index is 13.3. The Morgan fingerprint density at radius 1 is 1.10 bits per heavy atom. The molecule has 1 aliphatic carbocycles. The van der Waals surface area contributed by atoms with Crippen LogP contribution in [-0.2, 0) is 19.4 Å². The maximum absolute atomic E-state index is 13.3. The van der Waals surface area contributed by atoms with Crippen molar-refractivity contribution in [3.05, 3.63) is 58.9 Å². The van der Waals surface area contributed by atoms with Crippen molar-refractivity contribution in [3.63, 3.8) is 0 Å². The van der Waals surface area contributed by atoms with Gasteiger partial charge in [0.2, 0.25) is 0 Å². The summed E-state index contributed by atoms with van der Waals surface area (Å²) in [6.07, 6.45) is 4.76. The van der Waals surface area contributed by atoms with Crippen LogP contribution in [0.3, 0.4) is 0 Å². The van der Waals surface area contributed by atoms with Crippen LogP contribution < -0.4 is 5.32 Å². The Balaban J connectivity index is 1.76. The Morgan fingerprint density at radius 2 is 1.95 bits per heavy atom. The van der Waals surface area contributed by atoms with E-state index >= 15 is 0 Å². The van der Waals surface area contributed by atoms with E-state index in [9.17, 15) is 9.50 Å². The number of hydrogen-bond donors (Lipinski definition) is 2. The van der Waals surface area contributed by atoms with Gasteiger partial charge in [-0.1, -0.05) is 18.2 Å². The first-order chi connectivity index (χ1) is 9.74. The Morgan fingerprint density at radius 3 is 2.80 bits per heavy atom. The van der Waals surface area contributed by atoms with Gasteiger partial charge in [-0.2, -0.15) is 0 Å². The van der Waals surface area contributed by atoms with Crippen molar-refractivity contribution in [2.75, 3.05) is 5.32 Å². The lowest BCUT2D eigenvalue weighted by Crippen LogP contribution is -2.08. The van der Waals surface area contributed by atoms with E-state index < -0.39 is 5.82 Å². The van der Waals surface area contributed by atoms with Crippen LogP contribution in [0.1, 0.15) is 29.5 Å². The third-order valence-electron chi connectivity index (χ3n) is 3.89. The van der Waals surface area contributed by atoms with Gasteiger partial charge in [0.25, 0.3) is 0 Å². The number of hydrogen-bond acceptors (Lipinski definition) is 2. The lowest BCUT2D eigenvalue weighted by molar-refractivity contribution is 0.432. The van der Waals surface area contributed by atoms with Crippen LogP contribution >= 0.6 is 0 Å². The monoisotopic (exact) mass is 271 g/mol. The molecule has 0 aromatic heterocycles. The summed E-state index contributed by atoms with van der Waals surface area (Å²) in [4.78, 5) is 0. The third kappa shape index (κ3) is 2.62. The van der Waals surface area contributed by atoms with E-state index in [1.165, 1.54) is 36.1 Å². The molecule has 0 bridgehead atoms. The zero-order valence-corrected chi connectivity index (χ0v) is 11.3. The van der Waals surface area contributed by atoms with Crippen molar-refractivity contribution in [3.8, 4) is 5.75 Å². The van der Waals surface area contributed by atoms with Crippen LogP contribution in [0.15, 0.2) is 36.4 Å². The van der Waals surface area contributed by atoms with Crippen molar-refractivity contribution in [1.29, 1.82) is 0 Å². The molecule has 20 heavy (non-hydrogen) atoms. The molecule has 2 aromatic carbocycles. The van der Waals surface area contributed by atoms with Gasteiger partial charge in [-0.05, 0) is 60.6 Å². The van der Waals surface area contributed by atoms with Gasteiger partial charge >= 0.3 is 0 Å². The molecule has 0 spiro atoms. The smallest absolute Gasteiger partial charge is 0.165 e. The summed E-state index contributed by atoms with van der Waals surface area (Å²) in [5.41, 5.74) is 4.81. The fourth-order valence-electron chi connectivity index (χ4n) is 2.80. The van der Waals surface area contributed by atoms with E-state index in [2.05, 4.69) is 23.5 Å². The second kappa shape index (κ2) is 5.53. The maximum Gasteiger partial charge on any atom is 0.165 e. The fourth-order valence-corrected chi connectivity index (χ4v) is 2.80. The van der Waals surface area contributed by atoms with Gasteiger partial charge in [0, 0.05) is 12.2 Å². The fraction of sp³-hybridized carbons (Fsp3) is 0.294. The van der Waals surface area contributed by atoms with E-state index in [0.29, 0.717) is 6.54 Å². The molecule has 0 radical (unpaired) electrons. The molecular formula is C17H18FNO. The van der Waals surface area contributed by atoms with E-state index in [4.69, 9.17) is 0 Å². The SMILES string of the molecule is Oc1ccc(CNc2cccc3c2CCCC3)cc1F. The minimum atomic E-state index is -0.570. The molecule has 2 aromatic rings. The Labute approximate surface area is 118 Å². The first-order valence-electron chi connectivity index (χ1n) is 7.06. The molecular weight excluding hydrogens is 253 g/mol. The highest BCUT2D eigenvalue weighted by Crippen LogP contribution is 2.28. The number of nitrogens with one attached hydrogen (secondary N) is 1. The normalized spacial score (nSPS) is 13.8. The topological polar surface area (TPSA) is 32.3 Å². The van der Waals surface area contributed by atoms with Crippen LogP contribution in [0.4, 0.5) is 10.1 Å². The van der Waals surface area contributed by atoms with Crippen LogP contribution in [0.2, 0.25) is 0 Å². The molecule has 2 nitrogen and oxygen atoms in total. The molecule has 2 N–H and O–H groups in total. The molecule has 104 valence electrons. The number of aryl methyl sites for hydroxylation is 1. The molecule has 0 atom stereocenters. The van der Waals surface area contributed by atoms with Crippen molar-refractivity contribution < 1.29 is 9.50 Å². The molecule has 0 fully saturated rings. The largest absolute Gasteiger partial charge is 0.505 e. The minimum absolute atomic E-state index is 0.300. The number of phenols is 1. The summed E-state index contributed by atoms with van der Waals surface area (Å²) in [6.45, 7) is 0.563. The number of phenolic OH excluding ortho intramolecular Hbond substituents is 1. The summed E-state index contributed by atoms with van der Waals surface area (Å²) in [6, 6.07) is 10.9. The summed E-state index contributed by atoms with van der Waals surface area (Å²) >= 11 is 0. The van der Waals surface area contributed by atoms with E-state index in [-0.39, 0.29) is 5.75 Å². The summed E-state index contributed by atoms with van der Waals surface area (Å²) in [5.74, 6) is -0.870. The standard InChI is InChI=1S/C17H18FNO/c18-15-10-12(8-9-17(15)20)11-19-16-7-3-5-13-4-1-2-6-14(13)16/h3,5,7-10,19-20H,1-2,4,6,11H2. The second-order valence-corrected chi connectivity index (χ2v) is 5.29.